The van der Waals surface area contributed by atoms with Crippen LogP contribution in [-0.4, -0.2) is 30.4 Å². The summed E-state index contributed by atoms with van der Waals surface area (Å²) in [5.74, 6) is -0.0379. The number of aryl methyl sites for hydroxylation is 2. The maximum absolute atomic E-state index is 13.6. The molecule has 0 aliphatic heterocycles. The topological polar surface area (TPSA) is 85.6 Å². The van der Waals surface area contributed by atoms with Crippen molar-refractivity contribution in [2.45, 2.75) is 20.8 Å². The zero-order valence-electron chi connectivity index (χ0n) is 13.4. The van der Waals surface area contributed by atoms with Gasteiger partial charge in [0.2, 0.25) is 5.95 Å². The van der Waals surface area contributed by atoms with Gasteiger partial charge in [-0.05, 0) is 26.8 Å². The van der Waals surface area contributed by atoms with Crippen LogP contribution in [0.5, 0.6) is 0 Å². The number of nitrogens with zero attached hydrogens (tertiary/aromatic N) is 5. The zero-order chi connectivity index (χ0) is 17.3. The van der Waals surface area contributed by atoms with Crippen molar-refractivity contribution in [3.05, 3.63) is 59.4 Å². The van der Waals surface area contributed by atoms with E-state index in [-0.39, 0.29) is 5.56 Å². The van der Waals surface area contributed by atoms with Gasteiger partial charge in [-0.1, -0.05) is 0 Å². The molecule has 0 aliphatic carbocycles. The van der Waals surface area contributed by atoms with Gasteiger partial charge in [-0.25, -0.2) is 19.3 Å². The summed E-state index contributed by atoms with van der Waals surface area (Å²) in [7, 11) is 0. The fourth-order valence-electron chi connectivity index (χ4n) is 2.33. The van der Waals surface area contributed by atoms with Crippen molar-refractivity contribution in [1.29, 1.82) is 0 Å². The highest BCUT2D eigenvalue weighted by Gasteiger charge is 2.14. The van der Waals surface area contributed by atoms with Crippen LogP contribution < -0.4 is 5.32 Å². The molecule has 0 saturated carbocycles. The van der Waals surface area contributed by atoms with Gasteiger partial charge in [0.15, 0.2) is 5.82 Å². The molecule has 7 nitrogen and oxygen atoms in total. The molecule has 0 fully saturated rings. The van der Waals surface area contributed by atoms with Gasteiger partial charge in [0.25, 0.3) is 5.91 Å². The predicted octanol–water partition coefficient (Wildman–Crippen LogP) is 2.37. The fourth-order valence-corrected chi connectivity index (χ4v) is 2.33. The summed E-state index contributed by atoms with van der Waals surface area (Å²) in [6, 6.07) is 1.31. The number of nitrogens with one attached hydrogen (secondary N) is 1. The summed E-state index contributed by atoms with van der Waals surface area (Å²) < 4.78 is 15.4. The third-order valence-electron chi connectivity index (χ3n) is 3.63. The predicted molar refractivity (Wildman–Crippen MR) is 85.5 cm³/mol. The first kappa shape index (κ1) is 15.7. The Labute approximate surface area is 137 Å². The maximum atomic E-state index is 13.6. The fraction of sp³-hybridized carbons (Fsp3) is 0.188. The second-order valence-electron chi connectivity index (χ2n) is 5.25. The molecule has 3 aromatic heterocycles. The molecule has 122 valence electrons. The van der Waals surface area contributed by atoms with E-state index in [1.807, 2.05) is 25.3 Å². The number of hydrogen-bond acceptors (Lipinski definition) is 5. The van der Waals surface area contributed by atoms with Crippen LogP contribution in [0.15, 0.2) is 30.9 Å². The van der Waals surface area contributed by atoms with E-state index in [4.69, 9.17) is 0 Å². The number of halogens is 1. The number of amides is 1. The molecule has 0 bridgehead atoms. The molecular formula is C16H15FN6O. The molecular weight excluding hydrogens is 311 g/mol. The van der Waals surface area contributed by atoms with Gasteiger partial charge < -0.3 is 5.32 Å². The molecule has 0 unspecified atom stereocenters. The molecule has 1 N–H and O–H groups in total. The first-order valence-electron chi connectivity index (χ1n) is 7.23. The van der Waals surface area contributed by atoms with E-state index in [1.165, 1.54) is 24.7 Å². The Morgan fingerprint density at radius 2 is 1.88 bits per heavy atom. The molecule has 3 aromatic rings. The molecule has 0 saturated heterocycles. The van der Waals surface area contributed by atoms with E-state index in [0.29, 0.717) is 11.6 Å². The molecule has 0 aromatic carbocycles. The van der Waals surface area contributed by atoms with Gasteiger partial charge in [-0.15, -0.1) is 0 Å². The molecule has 0 atom stereocenters. The molecule has 1 amide bonds. The van der Waals surface area contributed by atoms with Crippen molar-refractivity contribution in [2.75, 3.05) is 5.32 Å². The number of anilines is 1. The van der Waals surface area contributed by atoms with Crippen molar-refractivity contribution < 1.29 is 9.18 Å². The van der Waals surface area contributed by atoms with Crippen LogP contribution >= 0.6 is 0 Å². The summed E-state index contributed by atoms with van der Waals surface area (Å²) in [5.41, 5.74) is 2.13. The van der Waals surface area contributed by atoms with E-state index in [0.717, 1.165) is 23.4 Å². The lowest BCUT2D eigenvalue weighted by atomic mass is 10.2. The Morgan fingerprint density at radius 3 is 2.46 bits per heavy atom. The average Bonchev–Trinajstić information content (AvgIpc) is 2.81. The van der Waals surface area contributed by atoms with Gasteiger partial charge in [-0.3, -0.25) is 14.3 Å². The summed E-state index contributed by atoms with van der Waals surface area (Å²) >= 11 is 0. The normalized spacial score (nSPS) is 10.7. The maximum Gasteiger partial charge on any atom is 0.258 e. The molecule has 3 rings (SSSR count). The summed E-state index contributed by atoms with van der Waals surface area (Å²) in [6.07, 6.45) is 5.27. The van der Waals surface area contributed by atoms with Crippen LogP contribution in [0.2, 0.25) is 0 Å². The van der Waals surface area contributed by atoms with Crippen molar-refractivity contribution in [2.24, 2.45) is 0 Å². The average molecular weight is 326 g/mol. The van der Waals surface area contributed by atoms with Gasteiger partial charge in [-0.2, -0.15) is 0 Å². The first-order valence-corrected chi connectivity index (χ1v) is 7.23. The number of imidazole rings is 1. The van der Waals surface area contributed by atoms with Crippen molar-refractivity contribution >= 4 is 11.6 Å². The number of rotatable bonds is 3. The SMILES string of the molecule is Cc1nc(C)n(-c2ncc(NC(=O)c3ccncc3F)cn2)c1C. The van der Waals surface area contributed by atoms with E-state index in [2.05, 4.69) is 25.3 Å². The molecule has 8 heteroatoms. The van der Waals surface area contributed by atoms with E-state index in [1.54, 1.807) is 0 Å². The first-order chi connectivity index (χ1) is 11.5. The van der Waals surface area contributed by atoms with E-state index < -0.39 is 11.7 Å². The molecule has 0 radical (unpaired) electrons. The third kappa shape index (κ3) is 2.85. The minimum absolute atomic E-state index is 0.0917. The van der Waals surface area contributed by atoms with Crippen LogP contribution in [-0.2, 0) is 0 Å². The van der Waals surface area contributed by atoms with E-state index in [9.17, 15) is 9.18 Å². The Balaban J connectivity index is 1.83. The quantitative estimate of drug-likeness (QED) is 0.798. The van der Waals surface area contributed by atoms with Gasteiger partial charge in [0.05, 0.1) is 35.5 Å². The molecule has 0 aliphatic rings. The second-order valence-corrected chi connectivity index (χ2v) is 5.25. The summed E-state index contributed by atoms with van der Waals surface area (Å²) in [4.78, 5) is 28.5. The van der Waals surface area contributed by atoms with Gasteiger partial charge in [0.1, 0.15) is 5.82 Å². The smallest absolute Gasteiger partial charge is 0.258 e. The standard InChI is InChI=1S/C16H15FN6O/c1-9-10(2)23(11(3)21-9)16-19-6-12(7-20-16)22-15(24)13-4-5-18-8-14(13)17/h4-8H,1-3H3,(H,22,24). The van der Waals surface area contributed by atoms with Crippen LogP contribution in [0.3, 0.4) is 0 Å². The molecule has 0 spiro atoms. The van der Waals surface area contributed by atoms with Crippen LogP contribution in [0.4, 0.5) is 10.1 Å². The van der Waals surface area contributed by atoms with Crippen molar-refractivity contribution in [1.82, 2.24) is 24.5 Å². The lowest BCUT2D eigenvalue weighted by Gasteiger charge is -2.08. The second kappa shape index (κ2) is 6.15. The highest BCUT2D eigenvalue weighted by molar-refractivity contribution is 6.04. The van der Waals surface area contributed by atoms with Crippen molar-refractivity contribution in [3.8, 4) is 5.95 Å². The largest absolute Gasteiger partial charge is 0.319 e. The Kier molecular flexibility index (Phi) is 4.03. The Morgan fingerprint density at radius 1 is 1.17 bits per heavy atom. The number of carbonyl (C=O) groups is 1. The highest BCUT2D eigenvalue weighted by atomic mass is 19.1. The minimum atomic E-state index is -0.687. The summed E-state index contributed by atoms with van der Waals surface area (Å²) in [5, 5.41) is 2.56. The summed E-state index contributed by atoms with van der Waals surface area (Å²) in [6.45, 7) is 5.71. The zero-order valence-corrected chi connectivity index (χ0v) is 13.4. The van der Waals surface area contributed by atoms with Crippen LogP contribution in [0, 0.1) is 26.6 Å². The lowest BCUT2D eigenvalue weighted by Crippen LogP contribution is -2.15. The highest BCUT2D eigenvalue weighted by Crippen LogP contribution is 2.15. The minimum Gasteiger partial charge on any atom is -0.319 e. The van der Waals surface area contributed by atoms with Gasteiger partial charge in [0, 0.05) is 11.9 Å². The third-order valence-corrected chi connectivity index (χ3v) is 3.63. The monoisotopic (exact) mass is 326 g/mol. The number of pyridine rings is 1. The number of carbonyl (C=O) groups excluding carboxylic acids is 1. The van der Waals surface area contributed by atoms with Crippen LogP contribution in [0.25, 0.3) is 5.95 Å². The molecule has 24 heavy (non-hydrogen) atoms. The Bertz CT molecular complexity index is 903. The van der Waals surface area contributed by atoms with E-state index >= 15 is 0 Å². The van der Waals surface area contributed by atoms with Crippen molar-refractivity contribution in [3.63, 3.8) is 0 Å². The van der Waals surface area contributed by atoms with Gasteiger partial charge >= 0.3 is 0 Å². The number of hydrogen-bond donors (Lipinski definition) is 1. The van der Waals surface area contributed by atoms with Crippen LogP contribution in [0.1, 0.15) is 27.6 Å². The Hall–Kier alpha value is -3.16. The number of aromatic nitrogens is 5. The lowest BCUT2D eigenvalue weighted by molar-refractivity contribution is 0.102. The molecule has 3 heterocycles.